The number of hydrazine groups is 1. The van der Waals surface area contributed by atoms with Gasteiger partial charge in [0.25, 0.3) is 0 Å². The summed E-state index contributed by atoms with van der Waals surface area (Å²) in [5.74, 6) is 6.49. The summed E-state index contributed by atoms with van der Waals surface area (Å²) in [5.41, 5.74) is 5.01. The minimum Gasteiger partial charge on any atom is -0.271 e. The minimum atomic E-state index is 0.162. The molecule has 0 aliphatic heterocycles. The Morgan fingerprint density at radius 3 is 2.68 bits per heavy atom. The maximum Gasteiger partial charge on any atom is 0.0812 e. The van der Waals surface area contributed by atoms with Gasteiger partial charge in [0.1, 0.15) is 0 Å². The molecule has 0 spiro atoms. The van der Waals surface area contributed by atoms with Gasteiger partial charge in [0.2, 0.25) is 0 Å². The lowest BCUT2D eigenvalue weighted by molar-refractivity contribution is 0.259. The van der Waals surface area contributed by atoms with Crippen LogP contribution in [0.1, 0.15) is 37.4 Å². The summed E-state index contributed by atoms with van der Waals surface area (Å²) in [6.45, 7) is 0. The van der Waals surface area contributed by atoms with E-state index in [-0.39, 0.29) is 6.04 Å². The highest BCUT2D eigenvalue weighted by molar-refractivity contribution is 5.30. The molecule has 1 aromatic heterocycles. The van der Waals surface area contributed by atoms with Crippen LogP contribution in [0.4, 0.5) is 0 Å². The van der Waals surface area contributed by atoms with Gasteiger partial charge < -0.3 is 0 Å². The zero-order valence-corrected chi connectivity index (χ0v) is 11.0. The molecule has 1 saturated carbocycles. The van der Waals surface area contributed by atoms with Crippen molar-refractivity contribution in [2.45, 2.75) is 31.7 Å². The zero-order chi connectivity index (χ0) is 13.1. The summed E-state index contributed by atoms with van der Waals surface area (Å²) in [4.78, 5) is 0. The first-order chi connectivity index (χ1) is 9.36. The molecule has 100 valence electrons. The third kappa shape index (κ3) is 2.69. The van der Waals surface area contributed by atoms with E-state index in [0.29, 0.717) is 0 Å². The smallest absolute Gasteiger partial charge is 0.0812 e. The van der Waals surface area contributed by atoms with Crippen molar-refractivity contribution in [2.24, 2.45) is 11.8 Å². The third-order valence-electron chi connectivity index (χ3n) is 3.98. The molecule has 1 aliphatic carbocycles. The third-order valence-corrected chi connectivity index (χ3v) is 3.98. The molecule has 0 radical (unpaired) electrons. The summed E-state index contributed by atoms with van der Waals surface area (Å²) < 4.78 is 1.90. The van der Waals surface area contributed by atoms with Crippen LogP contribution in [0, 0.1) is 5.92 Å². The van der Waals surface area contributed by atoms with E-state index in [4.69, 9.17) is 5.84 Å². The lowest BCUT2D eigenvalue weighted by Crippen LogP contribution is -2.31. The maximum absolute atomic E-state index is 5.68. The highest BCUT2D eigenvalue weighted by Gasteiger charge is 2.23. The molecule has 4 heteroatoms. The summed E-state index contributed by atoms with van der Waals surface area (Å²) >= 11 is 0. The van der Waals surface area contributed by atoms with Gasteiger partial charge in [-0.2, -0.15) is 5.10 Å². The molecule has 1 unspecified atom stereocenters. The Kier molecular flexibility index (Phi) is 3.62. The van der Waals surface area contributed by atoms with E-state index in [1.807, 2.05) is 41.2 Å². The standard InChI is InChI=1S/C15H20N4/c16-17-15(11-12-5-4-6-12)14-9-10-19(18-14)13-7-2-1-3-8-13/h1-3,7-10,12,15,17H,4-6,11,16H2. The molecular weight excluding hydrogens is 236 g/mol. The zero-order valence-electron chi connectivity index (χ0n) is 11.0. The quantitative estimate of drug-likeness (QED) is 0.638. The van der Waals surface area contributed by atoms with E-state index in [1.165, 1.54) is 19.3 Å². The van der Waals surface area contributed by atoms with Crippen LogP contribution in [0.5, 0.6) is 0 Å². The molecule has 2 aromatic rings. The predicted octanol–water partition coefficient (Wildman–Crippen LogP) is 2.57. The number of hydrogen-bond acceptors (Lipinski definition) is 3. The molecule has 1 aliphatic rings. The average Bonchev–Trinajstić information content (AvgIpc) is 2.88. The second kappa shape index (κ2) is 5.55. The van der Waals surface area contributed by atoms with Crippen molar-refractivity contribution in [3.63, 3.8) is 0 Å². The number of nitrogens with two attached hydrogens (primary N) is 1. The van der Waals surface area contributed by atoms with E-state index >= 15 is 0 Å². The number of hydrogen-bond donors (Lipinski definition) is 2. The fourth-order valence-corrected chi connectivity index (χ4v) is 2.58. The highest BCUT2D eigenvalue weighted by Crippen LogP contribution is 2.34. The Labute approximate surface area is 113 Å². The van der Waals surface area contributed by atoms with Crippen molar-refractivity contribution in [1.82, 2.24) is 15.2 Å². The second-order valence-electron chi connectivity index (χ2n) is 5.27. The van der Waals surface area contributed by atoms with Crippen molar-refractivity contribution in [1.29, 1.82) is 0 Å². The second-order valence-corrected chi connectivity index (χ2v) is 5.27. The Hall–Kier alpha value is -1.65. The lowest BCUT2D eigenvalue weighted by atomic mass is 9.80. The van der Waals surface area contributed by atoms with Crippen LogP contribution in [0.2, 0.25) is 0 Å². The van der Waals surface area contributed by atoms with E-state index in [9.17, 15) is 0 Å². The van der Waals surface area contributed by atoms with Gasteiger partial charge in [-0.3, -0.25) is 11.3 Å². The van der Waals surface area contributed by atoms with Crippen LogP contribution in [-0.4, -0.2) is 9.78 Å². The van der Waals surface area contributed by atoms with Crippen molar-refractivity contribution in [3.05, 3.63) is 48.3 Å². The molecule has 19 heavy (non-hydrogen) atoms. The topological polar surface area (TPSA) is 55.9 Å². The molecule has 3 rings (SSSR count). The van der Waals surface area contributed by atoms with Crippen LogP contribution in [0.25, 0.3) is 5.69 Å². The maximum atomic E-state index is 5.68. The number of nitrogens with one attached hydrogen (secondary N) is 1. The number of para-hydroxylation sites is 1. The molecule has 1 fully saturated rings. The van der Waals surface area contributed by atoms with Gasteiger partial charge in [-0.25, -0.2) is 4.68 Å². The van der Waals surface area contributed by atoms with Crippen LogP contribution in [0.3, 0.4) is 0 Å². The van der Waals surface area contributed by atoms with Gasteiger partial charge in [0, 0.05) is 6.20 Å². The number of aromatic nitrogens is 2. The first-order valence-electron chi connectivity index (χ1n) is 6.94. The SMILES string of the molecule is NNC(CC1CCC1)c1ccn(-c2ccccc2)n1. The fraction of sp³-hybridized carbons (Fsp3) is 0.400. The van der Waals surface area contributed by atoms with Crippen LogP contribution in [-0.2, 0) is 0 Å². The summed E-state index contributed by atoms with van der Waals surface area (Å²) in [6.07, 6.45) is 7.10. The number of benzene rings is 1. The Morgan fingerprint density at radius 2 is 2.05 bits per heavy atom. The van der Waals surface area contributed by atoms with Gasteiger partial charge >= 0.3 is 0 Å². The average molecular weight is 256 g/mol. The molecular formula is C15H20N4. The molecule has 0 bridgehead atoms. The number of rotatable bonds is 5. The van der Waals surface area contributed by atoms with E-state index in [0.717, 1.165) is 23.7 Å². The molecule has 1 heterocycles. The monoisotopic (exact) mass is 256 g/mol. The lowest BCUT2D eigenvalue weighted by Gasteiger charge is -2.28. The Balaban J connectivity index is 1.75. The first kappa shape index (κ1) is 12.4. The van der Waals surface area contributed by atoms with Crippen molar-refractivity contribution >= 4 is 0 Å². The summed E-state index contributed by atoms with van der Waals surface area (Å²) in [5, 5.41) is 4.64. The van der Waals surface area contributed by atoms with Gasteiger partial charge in [-0.1, -0.05) is 37.5 Å². The Morgan fingerprint density at radius 1 is 1.26 bits per heavy atom. The summed E-state index contributed by atoms with van der Waals surface area (Å²) in [7, 11) is 0. The van der Waals surface area contributed by atoms with E-state index in [2.05, 4.69) is 16.6 Å². The largest absolute Gasteiger partial charge is 0.271 e. The summed E-state index contributed by atoms with van der Waals surface area (Å²) in [6, 6.07) is 12.4. The van der Waals surface area contributed by atoms with Crippen LogP contribution >= 0.6 is 0 Å². The van der Waals surface area contributed by atoms with Crippen LogP contribution < -0.4 is 11.3 Å². The van der Waals surface area contributed by atoms with Gasteiger partial charge in [0.15, 0.2) is 0 Å². The Bertz CT molecular complexity index is 516. The van der Waals surface area contributed by atoms with E-state index < -0.39 is 0 Å². The van der Waals surface area contributed by atoms with Crippen molar-refractivity contribution < 1.29 is 0 Å². The molecule has 4 nitrogen and oxygen atoms in total. The predicted molar refractivity (Wildman–Crippen MR) is 75.6 cm³/mol. The number of nitrogens with zero attached hydrogens (tertiary/aromatic N) is 2. The molecule has 1 aromatic carbocycles. The fourth-order valence-electron chi connectivity index (χ4n) is 2.58. The van der Waals surface area contributed by atoms with Crippen molar-refractivity contribution in [3.8, 4) is 5.69 Å². The van der Waals surface area contributed by atoms with Gasteiger partial charge in [-0.15, -0.1) is 0 Å². The molecule has 3 N–H and O–H groups in total. The minimum absolute atomic E-state index is 0.162. The molecule has 0 amide bonds. The van der Waals surface area contributed by atoms with Gasteiger partial charge in [-0.05, 0) is 30.5 Å². The normalized spacial score (nSPS) is 17.1. The van der Waals surface area contributed by atoms with Gasteiger partial charge in [0.05, 0.1) is 17.4 Å². The first-order valence-corrected chi connectivity index (χ1v) is 6.94. The molecule has 1 atom stereocenters. The molecule has 0 saturated heterocycles. The highest BCUT2D eigenvalue weighted by atomic mass is 15.3. The van der Waals surface area contributed by atoms with Crippen molar-refractivity contribution in [2.75, 3.05) is 0 Å². The van der Waals surface area contributed by atoms with E-state index in [1.54, 1.807) is 0 Å². The van der Waals surface area contributed by atoms with Crippen LogP contribution in [0.15, 0.2) is 42.6 Å².